The van der Waals surface area contributed by atoms with E-state index in [2.05, 4.69) is 55.4 Å². The highest BCUT2D eigenvalue weighted by atomic mass is 14.5. The van der Waals surface area contributed by atoms with E-state index in [1.54, 1.807) is 5.57 Å². The van der Waals surface area contributed by atoms with Gasteiger partial charge in [0.2, 0.25) is 0 Å². The molecule has 0 aromatic carbocycles. The van der Waals surface area contributed by atoms with Gasteiger partial charge in [-0.2, -0.15) is 0 Å². The van der Waals surface area contributed by atoms with Gasteiger partial charge in [-0.1, -0.05) is 52.7 Å². The van der Waals surface area contributed by atoms with E-state index in [0.29, 0.717) is 5.41 Å². The highest BCUT2D eigenvalue weighted by Crippen LogP contribution is 2.59. The second-order valence-electron chi connectivity index (χ2n) is 8.62. The van der Waals surface area contributed by atoms with E-state index < -0.39 is 0 Å². The third-order valence-electron chi connectivity index (χ3n) is 7.19. The van der Waals surface area contributed by atoms with Crippen LogP contribution in [-0.4, -0.2) is 0 Å². The van der Waals surface area contributed by atoms with Crippen molar-refractivity contribution in [3.63, 3.8) is 0 Å². The standard InChI is InChI=1S/C20H36/c1-9-20(8)11-14(5)18-16(7)15(6)13(4)10-17(18)19(20)12(2)3/h13-18H,9-11H2,1-8H3. The predicted octanol–water partition coefficient (Wildman–Crippen LogP) is 6.32. The zero-order valence-electron chi connectivity index (χ0n) is 15.1. The summed E-state index contributed by atoms with van der Waals surface area (Å²) in [5, 5.41) is 0. The molecule has 0 nitrogen and oxygen atoms in total. The minimum absolute atomic E-state index is 0.458. The predicted molar refractivity (Wildman–Crippen MR) is 89.6 cm³/mol. The van der Waals surface area contributed by atoms with E-state index >= 15 is 0 Å². The van der Waals surface area contributed by atoms with Gasteiger partial charge in [-0.05, 0) is 74.0 Å². The average Bonchev–Trinajstić information content (AvgIpc) is 2.34. The summed E-state index contributed by atoms with van der Waals surface area (Å²) in [6.45, 7) is 19.7. The molecule has 7 atom stereocenters. The first-order chi connectivity index (χ1) is 9.23. The lowest BCUT2D eigenvalue weighted by Crippen LogP contribution is -2.48. The molecule has 116 valence electrons. The van der Waals surface area contributed by atoms with Crippen LogP contribution in [0.1, 0.15) is 74.7 Å². The fraction of sp³-hybridized carbons (Fsp3) is 0.900. The van der Waals surface area contributed by atoms with Crippen molar-refractivity contribution in [2.24, 2.45) is 40.9 Å². The molecule has 0 spiro atoms. The van der Waals surface area contributed by atoms with Crippen LogP contribution in [0.5, 0.6) is 0 Å². The van der Waals surface area contributed by atoms with Gasteiger partial charge >= 0.3 is 0 Å². The molecule has 2 aliphatic carbocycles. The fourth-order valence-electron chi connectivity index (χ4n) is 5.95. The van der Waals surface area contributed by atoms with Crippen LogP contribution in [0.2, 0.25) is 0 Å². The van der Waals surface area contributed by atoms with Crippen LogP contribution in [0.25, 0.3) is 0 Å². The zero-order chi connectivity index (χ0) is 15.2. The van der Waals surface area contributed by atoms with Crippen molar-refractivity contribution in [1.82, 2.24) is 0 Å². The minimum Gasteiger partial charge on any atom is -0.0764 e. The summed E-state index contributed by atoms with van der Waals surface area (Å²) in [6.07, 6.45) is 4.13. The first kappa shape index (κ1) is 16.1. The van der Waals surface area contributed by atoms with E-state index in [4.69, 9.17) is 0 Å². The Balaban J connectivity index is 2.47. The molecule has 0 N–H and O–H groups in total. The summed E-state index contributed by atoms with van der Waals surface area (Å²) in [7, 11) is 0. The van der Waals surface area contributed by atoms with Crippen molar-refractivity contribution in [3.8, 4) is 0 Å². The summed E-state index contributed by atoms with van der Waals surface area (Å²) in [6, 6.07) is 0. The topological polar surface area (TPSA) is 0 Å². The van der Waals surface area contributed by atoms with E-state index in [0.717, 1.165) is 35.5 Å². The number of hydrogen-bond donors (Lipinski definition) is 0. The van der Waals surface area contributed by atoms with Gasteiger partial charge in [-0.25, -0.2) is 0 Å². The molecule has 0 radical (unpaired) electrons. The van der Waals surface area contributed by atoms with Crippen LogP contribution in [0.4, 0.5) is 0 Å². The van der Waals surface area contributed by atoms with Crippen molar-refractivity contribution < 1.29 is 0 Å². The number of hydrogen-bond acceptors (Lipinski definition) is 0. The summed E-state index contributed by atoms with van der Waals surface area (Å²) in [5.41, 5.74) is 3.92. The molecule has 20 heavy (non-hydrogen) atoms. The van der Waals surface area contributed by atoms with E-state index in [-0.39, 0.29) is 0 Å². The monoisotopic (exact) mass is 276 g/mol. The highest BCUT2D eigenvalue weighted by molar-refractivity contribution is 5.27. The second-order valence-corrected chi connectivity index (χ2v) is 8.62. The van der Waals surface area contributed by atoms with Crippen LogP contribution in [0.15, 0.2) is 11.1 Å². The van der Waals surface area contributed by atoms with Crippen LogP contribution < -0.4 is 0 Å². The summed E-state index contributed by atoms with van der Waals surface area (Å²) >= 11 is 0. The fourth-order valence-corrected chi connectivity index (χ4v) is 5.95. The Morgan fingerprint density at radius 3 is 2.15 bits per heavy atom. The molecule has 7 unspecified atom stereocenters. The molecule has 0 bridgehead atoms. The third kappa shape index (κ3) is 2.38. The Morgan fingerprint density at radius 2 is 1.65 bits per heavy atom. The Kier molecular flexibility index (Phi) is 4.43. The molecular weight excluding hydrogens is 240 g/mol. The summed E-state index contributed by atoms with van der Waals surface area (Å²) in [4.78, 5) is 0. The van der Waals surface area contributed by atoms with Crippen molar-refractivity contribution in [3.05, 3.63) is 11.1 Å². The van der Waals surface area contributed by atoms with Gasteiger partial charge in [0.15, 0.2) is 0 Å². The normalized spacial score (nSPS) is 48.9. The molecule has 2 aliphatic rings. The number of fused-ring (bicyclic) bond motifs is 1. The van der Waals surface area contributed by atoms with Gasteiger partial charge < -0.3 is 0 Å². The van der Waals surface area contributed by atoms with Gasteiger partial charge in [0.25, 0.3) is 0 Å². The van der Waals surface area contributed by atoms with Crippen LogP contribution >= 0.6 is 0 Å². The highest BCUT2D eigenvalue weighted by Gasteiger charge is 2.50. The van der Waals surface area contributed by atoms with Gasteiger partial charge in [0.1, 0.15) is 0 Å². The lowest BCUT2D eigenvalue weighted by atomic mass is 9.49. The van der Waals surface area contributed by atoms with Crippen LogP contribution in [-0.2, 0) is 0 Å². The van der Waals surface area contributed by atoms with Crippen molar-refractivity contribution in [1.29, 1.82) is 0 Å². The maximum absolute atomic E-state index is 2.54. The van der Waals surface area contributed by atoms with Crippen molar-refractivity contribution in [2.75, 3.05) is 0 Å². The van der Waals surface area contributed by atoms with E-state index in [9.17, 15) is 0 Å². The van der Waals surface area contributed by atoms with Gasteiger partial charge in [0, 0.05) is 0 Å². The largest absolute Gasteiger partial charge is 0.0764 e. The van der Waals surface area contributed by atoms with Gasteiger partial charge in [-0.15, -0.1) is 0 Å². The van der Waals surface area contributed by atoms with Crippen LogP contribution in [0.3, 0.4) is 0 Å². The van der Waals surface area contributed by atoms with Crippen LogP contribution in [0, 0.1) is 40.9 Å². The molecule has 0 heterocycles. The first-order valence-corrected chi connectivity index (χ1v) is 8.90. The van der Waals surface area contributed by atoms with Crippen molar-refractivity contribution >= 4 is 0 Å². The summed E-state index contributed by atoms with van der Waals surface area (Å²) < 4.78 is 0. The SMILES string of the molecule is CCC1(C)CC(C)C2C(CC(C)C(C)C2C)C1=C(C)C. The van der Waals surface area contributed by atoms with Crippen molar-refractivity contribution in [2.45, 2.75) is 74.7 Å². The van der Waals surface area contributed by atoms with E-state index in [1.165, 1.54) is 19.3 Å². The van der Waals surface area contributed by atoms with E-state index in [1.807, 2.05) is 5.57 Å². The number of rotatable bonds is 1. The Morgan fingerprint density at radius 1 is 1.05 bits per heavy atom. The third-order valence-corrected chi connectivity index (χ3v) is 7.19. The molecule has 2 saturated carbocycles. The average molecular weight is 277 g/mol. The Hall–Kier alpha value is -0.260. The second kappa shape index (κ2) is 5.50. The lowest BCUT2D eigenvalue weighted by molar-refractivity contribution is -0.00602. The molecule has 2 fully saturated rings. The molecule has 0 heteroatoms. The number of allylic oxidation sites excluding steroid dienone is 2. The molecule has 2 rings (SSSR count). The smallest absolute Gasteiger partial charge is 0.0111 e. The first-order valence-electron chi connectivity index (χ1n) is 8.90. The molecule has 0 aromatic rings. The molecule has 0 aliphatic heterocycles. The maximum Gasteiger partial charge on any atom is -0.0111 e. The molecule has 0 amide bonds. The molecule has 0 aromatic heterocycles. The summed E-state index contributed by atoms with van der Waals surface area (Å²) in [5.74, 6) is 5.32. The van der Waals surface area contributed by atoms with Gasteiger partial charge in [-0.3, -0.25) is 0 Å². The zero-order valence-corrected chi connectivity index (χ0v) is 15.1. The molecule has 0 saturated heterocycles. The maximum atomic E-state index is 2.54. The minimum atomic E-state index is 0.458. The Labute approximate surface area is 127 Å². The Bertz CT molecular complexity index is 387. The quantitative estimate of drug-likeness (QED) is 0.491. The van der Waals surface area contributed by atoms with Gasteiger partial charge in [0.05, 0.1) is 0 Å². The lowest BCUT2D eigenvalue weighted by Gasteiger charge is -2.56. The molecular formula is C20H36.